The fourth-order valence-corrected chi connectivity index (χ4v) is 4.56. The molecule has 1 atom stereocenters. The molecular formula is C25H31N3O. The van der Waals surface area contributed by atoms with Gasteiger partial charge < -0.3 is 15.2 Å². The van der Waals surface area contributed by atoms with Crippen LogP contribution in [0.3, 0.4) is 0 Å². The molecule has 0 spiro atoms. The van der Waals surface area contributed by atoms with Gasteiger partial charge in [0.2, 0.25) is 5.91 Å². The van der Waals surface area contributed by atoms with Gasteiger partial charge in [0.25, 0.3) is 0 Å². The number of rotatable bonds is 7. The normalized spacial score (nSPS) is 15.5. The first-order chi connectivity index (χ1) is 14.1. The SMILES string of the molecule is CN(C)c1ccc(C(CNC(=O)CC2CCCC2)c2c[nH]c3ccccc23)cc1. The lowest BCUT2D eigenvalue weighted by Gasteiger charge is -2.20. The van der Waals surface area contributed by atoms with Crippen LogP contribution in [0.15, 0.2) is 54.7 Å². The van der Waals surface area contributed by atoms with Crippen molar-refractivity contribution in [2.45, 2.75) is 38.0 Å². The molecule has 2 aromatic carbocycles. The highest BCUT2D eigenvalue weighted by Crippen LogP contribution is 2.32. The Labute approximate surface area is 173 Å². The molecule has 3 aromatic rings. The average Bonchev–Trinajstić information content (AvgIpc) is 3.39. The highest BCUT2D eigenvalue weighted by atomic mass is 16.1. The predicted octanol–water partition coefficient (Wildman–Crippen LogP) is 5.06. The van der Waals surface area contributed by atoms with E-state index >= 15 is 0 Å². The molecule has 0 bridgehead atoms. The van der Waals surface area contributed by atoms with E-state index in [9.17, 15) is 4.79 Å². The Balaban J connectivity index is 1.57. The summed E-state index contributed by atoms with van der Waals surface area (Å²) in [5, 5.41) is 4.46. The quantitative estimate of drug-likeness (QED) is 0.593. The van der Waals surface area contributed by atoms with Crippen LogP contribution in [0.25, 0.3) is 10.9 Å². The standard InChI is InChI=1S/C25H31N3O/c1-28(2)20-13-11-19(12-14-20)22(16-27-25(29)15-18-7-3-4-8-18)23-17-26-24-10-6-5-9-21(23)24/h5-6,9-14,17-18,22,26H,3-4,7-8,15-16H2,1-2H3,(H,27,29). The van der Waals surface area contributed by atoms with Gasteiger partial charge in [-0.3, -0.25) is 4.79 Å². The summed E-state index contributed by atoms with van der Waals surface area (Å²) in [6.45, 7) is 0.620. The first-order valence-electron chi connectivity index (χ1n) is 10.7. The van der Waals surface area contributed by atoms with E-state index in [1.807, 2.05) is 6.07 Å². The number of nitrogens with zero attached hydrogens (tertiary/aromatic N) is 1. The molecule has 4 heteroatoms. The van der Waals surface area contributed by atoms with Gasteiger partial charge >= 0.3 is 0 Å². The van der Waals surface area contributed by atoms with Crippen LogP contribution in [-0.2, 0) is 4.79 Å². The molecule has 4 nitrogen and oxygen atoms in total. The highest BCUT2D eigenvalue weighted by molar-refractivity contribution is 5.84. The van der Waals surface area contributed by atoms with E-state index in [-0.39, 0.29) is 11.8 Å². The second-order valence-corrected chi connectivity index (χ2v) is 8.49. The van der Waals surface area contributed by atoms with Crippen molar-refractivity contribution < 1.29 is 4.79 Å². The Morgan fingerprint density at radius 1 is 1.10 bits per heavy atom. The lowest BCUT2D eigenvalue weighted by atomic mass is 9.90. The molecule has 1 aromatic heterocycles. The number of carbonyl (C=O) groups excluding carboxylic acids is 1. The molecule has 0 radical (unpaired) electrons. The van der Waals surface area contributed by atoms with Crippen molar-refractivity contribution in [2.75, 3.05) is 25.5 Å². The van der Waals surface area contributed by atoms with Crippen LogP contribution < -0.4 is 10.2 Å². The summed E-state index contributed by atoms with van der Waals surface area (Å²) in [4.78, 5) is 18.1. The van der Waals surface area contributed by atoms with E-state index in [1.54, 1.807) is 0 Å². The van der Waals surface area contributed by atoms with E-state index in [0.717, 1.165) is 5.52 Å². The molecule has 152 valence electrons. The third-order valence-corrected chi connectivity index (χ3v) is 6.26. The summed E-state index contributed by atoms with van der Waals surface area (Å²) in [7, 11) is 4.10. The van der Waals surface area contributed by atoms with Crippen molar-refractivity contribution in [2.24, 2.45) is 5.92 Å². The minimum Gasteiger partial charge on any atom is -0.378 e. The molecular weight excluding hydrogens is 358 g/mol. The van der Waals surface area contributed by atoms with Crippen LogP contribution >= 0.6 is 0 Å². The minimum absolute atomic E-state index is 0.120. The third-order valence-electron chi connectivity index (χ3n) is 6.26. The van der Waals surface area contributed by atoms with E-state index < -0.39 is 0 Å². The lowest BCUT2D eigenvalue weighted by molar-refractivity contribution is -0.122. The van der Waals surface area contributed by atoms with Crippen LogP contribution in [0.4, 0.5) is 5.69 Å². The van der Waals surface area contributed by atoms with Gasteiger partial charge in [0.1, 0.15) is 0 Å². The van der Waals surface area contributed by atoms with Gasteiger partial charge in [-0.15, -0.1) is 0 Å². The molecule has 1 unspecified atom stereocenters. The fraction of sp³-hybridized carbons (Fsp3) is 0.400. The zero-order valence-corrected chi connectivity index (χ0v) is 17.4. The van der Waals surface area contributed by atoms with Crippen LogP contribution in [0.2, 0.25) is 0 Å². The molecule has 2 N–H and O–H groups in total. The zero-order chi connectivity index (χ0) is 20.2. The number of aromatic nitrogens is 1. The topological polar surface area (TPSA) is 48.1 Å². The van der Waals surface area contributed by atoms with E-state index in [4.69, 9.17) is 0 Å². The third kappa shape index (κ3) is 4.47. The lowest BCUT2D eigenvalue weighted by Crippen LogP contribution is -2.30. The van der Waals surface area contributed by atoms with Crippen molar-refractivity contribution in [3.05, 3.63) is 65.9 Å². The van der Waals surface area contributed by atoms with Crippen molar-refractivity contribution >= 4 is 22.5 Å². The first kappa shape index (κ1) is 19.6. The Bertz CT molecular complexity index is 952. The number of H-pyrrole nitrogens is 1. The summed E-state index contributed by atoms with van der Waals surface area (Å²) >= 11 is 0. The Kier molecular flexibility index (Phi) is 5.89. The van der Waals surface area contributed by atoms with Crippen molar-refractivity contribution in [1.82, 2.24) is 10.3 Å². The Hall–Kier alpha value is -2.75. The molecule has 1 fully saturated rings. The van der Waals surface area contributed by atoms with E-state index in [0.29, 0.717) is 18.9 Å². The van der Waals surface area contributed by atoms with Crippen molar-refractivity contribution in [1.29, 1.82) is 0 Å². The predicted molar refractivity (Wildman–Crippen MR) is 120 cm³/mol. The molecule has 1 aliphatic carbocycles. The number of hydrogen-bond acceptors (Lipinski definition) is 2. The maximum atomic E-state index is 12.6. The van der Waals surface area contributed by atoms with Crippen molar-refractivity contribution in [3.8, 4) is 0 Å². The molecule has 0 aliphatic heterocycles. The van der Waals surface area contributed by atoms with Gasteiger partial charge in [-0.05, 0) is 48.1 Å². The summed E-state index contributed by atoms with van der Waals surface area (Å²) in [6, 6.07) is 17.1. The maximum absolute atomic E-state index is 12.6. The van der Waals surface area contributed by atoms with Crippen LogP contribution in [0.1, 0.15) is 49.1 Å². The molecule has 1 aliphatic rings. The van der Waals surface area contributed by atoms with Crippen LogP contribution in [0, 0.1) is 5.92 Å². The number of fused-ring (bicyclic) bond motifs is 1. The number of aromatic amines is 1. The monoisotopic (exact) mass is 389 g/mol. The number of anilines is 1. The Morgan fingerprint density at radius 3 is 2.55 bits per heavy atom. The van der Waals surface area contributed by atoms with Gasteiger partial charge in [-0.2, -0.15) is 0 Å². The molecule has 1 amide bonds. The van der Waals surface area contributed by atoms with E-state index in [2.05, 4.69) is 78.0 Å². The summed E-state index contributed by atoms with van der Waals surface area (Å²) in [6.07, 6.45) is 7.71. The van der Waals surface area contributed by atoms with Crippen molar-refractivity contribution in [3.63, 3.8) is 0 Å². The first-order valence-corrected chi connectivity index (χ1v) is 10.7. The molecule has 4 rings (SSSR count). The number of nitrogens with one attached hydrogen (secondary N) is 2. The highest BCUT2D eigenvalue weighted by Gasteiger charge is 2.22. The molecule has 1 heterocycles. The van der Waals surface area contributed by atoms with Gasteiger partial charge in [-0.1, -0.05) is 43.2 Å². The van der Waals surface area contributed by atoms with Gasteiger partial charge in [0.05, 0.1) is 0 Å². The minimum atomic E-state index is 0.120. The summed E-state index contributed by atoms with van der Waals surface area (Å²) < 4.78 is 0. The molecule has 0 saturated heterocycles. The van der Waals surface area contributed by atoms with E-state index in [1.165, 1.54) is 47.9 Å². The number of para-hydroxylation sites is 1. The second kappa shape index (κ2) is 8.73. The van der Waals surface area contributed by atoms with Gasteiger partial charge in [-0.25, -0.2) is 0 Å². The fourth-order valence-electron chi connectivity index (χ4n) is 4.56. The zero-order valence-electron chi connectivity index (χ0n) is 17.4. The summed E-state index contributed by atoms with van der Waals surface area (Å²) in [5.41, 5.74) is 4.77. The smallest absolute Gasteiger partial charge is 0.220 e. The van der Waals surface area contributed by atoms with Gasteiger partial charge in [0.15, 0.2) is 0 Å². The largest absolute Gasteiger partial charge is 0.378 e. The maximum Gasteiger partial charge on any atom is 0.220 e. The number of hydrogen-bond donors (Lipinski definition) is 2. The summed E-state index contributed by atoms with van der Waals surface area (Å²) in [5.74, 6) is 0.877. The van der Waals surface area contributed by atoms with Gasteiger partial charge in [0, 0.05) is 55.8 Å². The number of carbonyl (C=O) groups is 1. The molecule has 29 heavy (non-hydrogen) atoms. The number of benzene rings is 2. The molecule has 1 saturated carbocycles. The van der Waals surface area contributed by atoms with Crippen LogP contribution in [-0.4, -0.2) is 31.5 Å². The number of amides is 1. The second-order valence-electron chi connectivity index (χ2n) is 8.49. The Morgan fingerprint density at radius 2 is 1.83 bits per heavy atom. The average molecular weight is 390 g/mol. The van der Waals surface area contributed by atoms with Crippen LogP contribution in [0.5, 0.6) is 0 Å².